The van der Waals surface area contributed by atoms with Crippen molar-refractivity contribution >= 4 is 17.8 Å². The minimum atomic E-state index is -0.0777. The first kappa shape index (κ1) is 14.8. The molecular formula is C11H21N5OS. The molecule has 102 valence electrons. The minimum Gasteiger partial charge on any atom is -0.337 e. The molecule has 7 heteroatoms. The zero-order chi connectivity index (χ0) is 13.8. The molecule has 0 aliphatic heterocycles. The van der Waals surface area contributed by atoms with Gasteiger partial charge in [-0.3, -0.25) is 0 Å². The van der Waals surface area contributed by atoms with Gasteiger partial charge in [0, 0.05) is 26.4 Å². The van der Waals surface area contributed by atoms with E-state index in [0.717, 1.165) is 10.9 Å². The van der Waals surface area contributed by atoms with Crippen molar-refractivity contribution in [3.63, 3.8) is 0 Å². The van der Waals surface area contributed by atoms with E-state index in [-0.39, 0.29) is 11.6 Å². The topological polar surface area (TPSA) is 63.1 Å². The van der Waals surface area contributed by atoms with Crippen LogP contribution in [0, 0.1) is 0 Å². The monoisotopic (exact) mass is 271 g/mol. The predicted molar refractivity (Wildman–Crippen MR) is 72.8 cm³/mol. The van der Waals surface area contributed by atoms with Gasteiger partial charge in [-0.25, -0.2) is 14.5 Å². The summed E-state index contributed by atoms with van der Waals surface area (Å²) in [4.78, 5) is 17.0. The number of urea groups is 1. The highest BCUT2D eigenvalue weighted by atomic mass is 32.2. The van der Waals surface area contributed by atoms with Crippen LogP contribution >= 0.6 is 11.8 Å². The molecule has 0 atom stereocenters. The van der Waals surface area contributed by atoms with E-state index in [1.54, 1.807) is 32.2 Å². The number of nitrogens with zero attached hydrogens (tertiary/aromatic N) is 4. The van der Waals surface area contributed by atoms with Crippen LogP contribution in [-0.4, -0.2) is 52.1 Å². The van der Waals surface area contributed by atoms with Crippen molar-refractivity contribution in [1.29, 1.82) is 0 Å². The number of carbonyl (C=O) groups excluding carboxylic acids is 1. The quantitative estimate of drug-likeness (QED) is 0.664. The maximum atomic E-state index is 11.3. The summed E-state index contributed by atoms with van der Waals surface area (Å²) in [5.41, 5.74) is -0.0777. The summed E-state index contributed by atoms with van der Waals surface area (Å²) in [5, 5.41) is 7.91. The van der Waals surface area contributed by atoms with Crippen LogP contribution in [0.2, 0.25) is 0 Å². The fourth-order valence-corrected chi connectivity index (χ4v) is 2.20. The van der Waals surface area contributed by atoms with E-state index in [4.69, 9.17) is 0 Å². The first-order chi connectivity index (χ1) is 8.32. The molecule has 0 aliphatic carbocycles. The third-order valence-electron chi connectivity index (χ3n) is 2.17. The molecule has 0 spiro atoms. The second-order valence-corrected chi connectivity index (χ2v) is 6.16. The van der Waals surface area contributed by atoms with Crippen LogP contribution < -0.4 is 5.32 Å². The molecule has 0 radical (unpaired) electrons. The van der Waals surface area contributed by atoms with Gasteiger partial charge in [0.25, 0.3) is 0 Å². The largest absolute Gasteiger partial charge is 0.337 e. The summed E-state index contributed by atoms with van der Waals surface area (Å²) in [7, 11) is 3.44. The Morgan fingerprint density at radius 1 is 1.50 bits per heavy atom. The second kappa shape index (κ2) is 6.08. The van der Waals surface area contributed by atoms with Gasteiger partial charge in [-0.2, -0.15) is 5.10 Å². The molecule has 2 amide bonds. The number of hydrogen-bond donors (Lipinski definition) is 1. The molecule has 0 aliphatic rings. The summed E-state index contributed by atoms with van der Waals surface area (Å²) >= 11 is 1.59. The van der Waals surface area contributed by atoms with Crippen LogP contribution in [0.15, 0.2) is 11.5 Å². The molecule has 1 rings (SSSR count). The average molecular weight is 271 g/mol. The lowest BCUT2D eigenvalue weighted by molar-refractivity contribution is 0.218. The average Bonchev–Trinajstić information content (AvgIpc) is 2.71. The van der Waals surface area contributed by atoms with Gasteiger partial charge in [-0.1, -0.05) is 11.8 Å². The molecule has 0 saturated carbocycles. The molecule has 0 aromatic carbocycles. The Balaban J connectivity index is 2.41. The van der Waals surface area contributed by atoms with Crippen molar-refractivity contribution in [2.24, 2.45) is 0 Å². The van der Waals surface area contributed by atoms with E-state index < -0.39 is 0 Å². The molecule has 1 N–H and O–H groups in total. The molecule has 18 heavy (non-hydrogen) atoms. The van der Waals surface area contributed by atoms with Crippen LogP contribution in [0.25, 0.3) is 0 Å². The van der Waals surface area contributed by atoms with Gasteiger partial charge in [0.1, 0.15) is 6.33 Å². The molecule has 0 saturated heterocycles. The lowest BCUT2D eigenvalue weighted by atomic mass is 10.1. The van der Waals surface area contributed by atoms with Gasteiger partial charge in [0.05, 0.1) is 5.54 Å². The highest BCUT2D eigenvalue weighted by Crippen LogP contribution is 2.21. The summed E-state index contributed by atoms with van der Waals surface area (Å²) < 4.78 is 1.89. The van der Waals surface area contributed by atoms with Crippen molar-refractivity contribution in [3.05, 3.63) is 6.33 Å². The van der Waals surface area contributed by atoms with Crippen LogP contribution in [0.5, 0.6) is 0 Å². The highest BCUT2D eigenvalue weighted by molar-refractivity contribution is 7.99. The van der Waals surface area contributed by atoms with Crippen molar-refractivity contribution in [2.45, 2.75) is 31.5 Å². The first-order valence-electron chi connectivity index (χ1n) is 5.81. The van der Waals surface area contributed by atoms with Crippen molar-refractivity contribution in [2.75, 3.05) is 26.4 Å². The van der Waals surface area contributed by atoms with Gasteiger partial charge < -0.3 is 10.2 Å². The number of amides is 2. The zero-order valence-electron chi connectivity index (χ0n) is 11.6. The molecule has 0 bridgehead atoms. The van der Waals surface area contributed by atoms with E-state index >= 15 is 0 Å². The Morgan fingerprint density at radius 3 is 2.72 bits per heavy atom. The number of rotatable bonds is 4. The summed E-state index contributed by atoms with van der Waals surface area (Å²) in [6, 6.07) is -0.0760. The molecule has 1 aromatic heterocycles. The number of hydrogen-bond acceptors (Lipinski definition) is 4. The Morgan fingerprint density at radius 2 is 2.17 bits per heavy atom. The van der Waals surface area contributed by atoms with Crippen LogP contribution in [0.4, 0.5) is 4.79 Å². The number of thioether (sulfide) groups is 1. The van der Waals surface area contributed by atoms with E-state index in [1.807, 2.05) is 4.68 Å². The number of carbonyl (C=O) groups is 1. The van der Waals surface area contributed by atoms with E-state index in [1.165, 1.54) is 4.90 Å². The van der Waals surface area contributed by atoms with Gasteiger partial charge in [-0.05, 0) is 20.8 Å². The molecule has 6 nitrogen and oxygen atoms in total. The lowest BCUT2D eigenvalue weighted by Crippen LogP contribution is -2.35. The van der Waals surface area contributed by atoms with Gasteiger partial charge in [0.2, 0.25) is 0 Å². The minimum absolute atomic E-state index is 0.0760. The summed E-state index contributed by atoms with van der Waals surface area (Å²) in [5.74, 6) is 0.772. The van der Waals surface area contributed by atoms with E-state index in [0.29, 0.717) is 6.54 Å². The van der Waals surface area contributed by atoms with Crippen molar-refractivity contribution in [1.82, 2.24) is 25.0 Å². The fraction of sp³-hybridized carbons (Fsp3) is 0.727. The van der Waals surface area contributed by atoms with Gasteiger partial charge in [0.15, 0.2) is 5.16 Å². The summed E-state index contributed by atoms with van der Waals surface area (Å²) in [6.45, 7) is 6.86. The molecular weight excluding hydrogens is 250 g/mol. The third kappa shape index (κ3) is 4.21. The number of aromatic nitrogens is 3. The first-order valence-corrected chi connectivity index (χ1v) is 6.79. The van der Waals surface area contributed by atoms with Crippen molar-refractivity contribution in [3.8, 4) is 0 Å². The standard InChI is InChI=1S/C11H21N5OS/c1-11(2,3)16-10(13-8-14-16)18-7-6-12-9(17)15(4)5/h8H,6-7H2,1-5H3,(H,12,17). The lowest BCUT2D eigenvalue weighted by Gasteiger charge is -2.20. The second-order valence-electron chi connectivity index (χ2n) is 5.10. The highest BCUT2D eigenvalue weighted by Gasteiger charge is 2.18. The molecule has 1 heterocycles. The molecule has 1 aromatic rings. The summed E-state index contributed by atoms with van der Waals surface area (Å²) in [6.07, 6.45) is 1.56. The Bertz CT molecular complexity index is 396. The third-order valence-corrected chi connectivity index (χ3v) is 3.11. The maximum Gasteiger partial charge on any atom is 0.316 e. The Kier molecular flexibility index (Phi) is 5.01. The maximum absolute atomic E-state index is 11.3. The van der Waals surface area contributed by atoms with E-state index in [2.05, 4.69) is 36.2 Å². The SMILES string of the molecule is CN(C)C(=O)NCCSc1ncnn1C(C)(C)C. The Hall–Kier alpha value is -1.24. The van der Waals surface area contributed by atoms with Crippen LogP contribution in [-0.2, 0) is 5.54 Å². The zero-order valence-corrected chi connectivity index (χ0v) is 12.4. The molecule has 0 unspecified atom stereocenters. The fourth-order valence-electron chi connectivity index (χ4n) is 1.25. The predicted octanol–water partition coefficient (Wildman–Crippen LogP) is 1.40. The Labute approximate surface area is 112 Å². The van der Waals surface area contributed by atoms with E-state index in [9.17, 15) is 4.79 Å². The van der Waals surface area contributed by atoms with Crippen LogP contribution in [0.1, 0.15) is 20.8 Å². The van der Waals surface area contributed by atoms with Crippen molar-refractivity contribution < 1.29 is 4.79 Å². The normalized spacial score (nSPS) is 11.4. The van der Waals surface area contributed by atoms with Crippen LogP contribution in [0.3, 0.4) is 0 Å². The van der Waals surface area contributed by atoms with Gasteiger partial charge >= 0.3 is 6.03 Å². The number of nitrogens with one attached hydrogen (secondary N) is 1. The molecule has 0 fully saturated rings. The van der Waals surface area contributed by atoms with Gasteiger partial charge in [-0.15, -0.1) is 0 Å². The smallest absolute Gasteiger partial charge is 0.316 e.